The fraction of sp³-hybridized carbons (Fsp3) is 0.348. The fourth-order valence-electron chi connectivity index (χ4n) is 3.65. The summed E-state index contributed by atoms with van der Waals surface area (Å²) in [5, 5.41) is 3.09. The minimum atomic E-state index is -3.22. The molecule has 3 heterocycles. The number of carbonyl (C=O) groups is 1. The first-order valence-electron chi connectivity index (χ1n) is 11.1. The second-order valence-electron chi connectivity index (χ2n) is 8.02. The van der Waals surface area contributed by atoms with Crippen LogP contribution in [0.3, 0.4) is 0 Å². The number of Topliss-reactive ketones (excluding diaryl/α,β-unsaturated/α-hetero) is 1. The molecule has 0 radical (unpaired) electrons. The quantitative estimate of drug-likeness (QED) is 0.482. The number of nitrogens with one attached hydrogen (secondary N) is 1. The van der Waals surface area contributed by atoms with Crippen molar-refractivity contribution in [3.05, 3.63) is 65.6 Å². The maximum atomic E-state index is 12.7. The number of aryl methyl sites for hydroxylation is 1. The average molecular weight is 482 g/mol. The molecule has 34 heavy (non-hydrogen) atoms. The highest BCUT2D eigenvalue weighted by molar-refractivity contribution is 7.88. The van der Waals surface area contributed by atoms with Crippen LogP contribution in [0.5, 0.6) is 0 Å². The van der Waals surface area contributed by atoms with E-state index in [1.165, 1.54) is 10.6 Å². The van der Waals surface area contributed by atoms with Gasteiger partial charge in [-0.2, -0.15) is 19.3 Å². The highest BCUT2D eigenvalue weighted by Crippen LogP contribution is 2.18. The van der Waals surface area contributed by atoms with Crippen LogP contribution in [-0.2, 0) is 22.9 Å². The third-order valence-electron chi connectivity index (χ3n) is 5.51. The number of pyridine rings is 1. The molecule has 1 fully saturated rings. The number of piperazine rings is 1. The van der Waals surface area contributed by atoms with Gasteiger partial charge in [-0.1, -0.05) is 37.3 Å². The largest absolute Gasteiger partial charge is 0.338 e. The summed E-state index contributed by atoms with van der Waals surface area (Å²) >= 11 is 0. The Labute approximate surface area is 199 Å². The van der Waals surface area contributed by atoms with Crippen LogP contribution in [0.4, 0.5) is 17.7 Å². The second kappa shape index (κ2) is 10.2. The predicted molar refractivity (Wildman–Crippen MR) is 130 cm³/mol. The van der Waals surface area contributed by atoms with E-state index >= 15 is 0 Å². The van der Waals surface area contributed by atoms with Crippen LogP contribution in [0.2, 0.25) is 0 Å². The highest BCUT2D eigenvalue weighted by Gasteiger charge is 2.25. The molecule has 0 spiro atoms. The number of benzene rings is 1. The lowest BCUT2D eigenvalue weighted by Gasteiger charge is -2.33. The number of aromatic nitrogens is 4. The Bertz CT molecular complexity index is 1260. The molecule has 10 nitrogen and oxygen atoms in total. The van der Waals surface area contributed by atoms with Crippen LogP contribution in [0.1, 0.15) is 28.7 Å². The summed E-state index contributed by atoms with van der Waals surface area (Å²) in [7, 11) is -3.22. The Morgan fingerprint density at radius 1 is 1.03 bits per heavy atom. The number of rotatable bonds is 8. The lowest BCUT2D eigenvalue weighted by Crippen LogP contribution is -2.49. The molecule has 0 amide bonds. The number of nitrogens with zero attached hydrogens (tertiary/aromatic N) is 6. The molecule has 1 aliphatic rings. The van der Waals surface area contributed by atoms with Crippen LogP contribution < -0.4 is 10.2 Å². The monoisotopic (exact) mass is 481 g/mol. The Morgan fingerprint density at radius 2 is 1.76 bits per heavy atom. The maximum absolute atomic E-state index is 12.7. The third-order valence-corrected chi connectivity index (χ3v) is 6.81. The minimum absolute atomic E-state index is 0.00835. The van der Waals surface area contributed by atoms with Crippen molar-refractivity contribution in [2.24, 2.45) is 0 Å². The third kappa shape index (κ3) is 5.91. The van der Waals surface area contributed by atoms with Crippen LogP contribution in [-0.4, -0.2) is 70.9 Å². The summed E-state index contributed by atoms with van der Waals surface area (Å²) in [5.41, 5.74) is 1.49. The molecule has 1 aromatic carbocycles. The van der Waals surface area contributed by atoms with Gasteiger partial charge in [-0.05, 0) is 17.7 Å². The molecule has 11 heteroatoms. The molecule has 4 rings (SSSR count). The van der Waals surface area contributed by atoms with E-state index in [0.717, 1.165) is 5.56 Å². The maximum Gasteiger partial charge on any atom is 0.233 e. The summed E-state index contributed by atoms with van der Waals surface area (Å²) in [6, 6.07) is 13.0. The number of sulfonamides is 1. The molecule has 2 aromatic heterocycles. The molecule has 1 saturated heterocycles. The molecule has 1 N–H and O–H groups in total. The summed E-state index contributed by atoms with van der Waals surface area (Å²) in [6.07, 6.45) is 3.71. The van der Waals surface area contributed by atoms with Gasteiger partial charge in [-0.3, -0.25) is 4.79 Å². The van der Waals surface area contributed by atoms with Crippen LogP contribution >= 0.6 is 0 Å². The van der Waals surface area contributed by atoms with Gasteiger partial charge in [-0.25, -0.2) is 13.4 Å². The Hall–Kier alpha value is -3.44. The van der Waals surface area contributed by atoms with Crippen molar-refractivity contribution in [2.75, 3.05) is 42.7 Å². The molecule has 0 saturated carbocycles. The lowest BCUT2D eigenvalue weighted by atomic mass is 10.0. The molecular weight excluding hydrogens is 454 g/mol. The van der Waals surface area contributed by atoms with E-state index in [0.29, 0.717) is 68.1 Å². The Balaban J connectivity index is 1.50. The standard InChI is InChI=1S/C23H27N7O3S/c1-3-20-25-22(28-23(27-20)29-11-13-30(14-12-29)34(2,32)33)26-21-16-18(9-10-24-21)19(31)15-17-7-5-4-6-8-17/h4-10,16H,3,11-15H2,1-2H3,(H,24,25,26,27,28). The van der Waals surface area contributed by atoms with E-state index in [4.69, 9.17) is 0 Å². The number of anilines is 3. The highest BCUT2D eigenvalue weighted by atomic mass is 32.2. The minimum Gasteiger partial charge on any atom is -0.338 e. The topological polar surface area (TPSA) is 121 Å². The average Bonchev–Trinajstić information content (AvgIpc) is 2.84. The van der Waals surface area contributed by atoms with Crippen molar-refractivity contribution in [1.82, 2.24) is 24.2 Å². The first-order chi connectivity index (χ1) is 16.3. The normalized spacial score (nSPS) is 14.7. The zero-order valence-corrected chi connectivity index (χ0v) is 20.0. The molecule has 0 aliphatic carbocycles. The molecule has 1 aliphatic heterocycles. The smallest absolute Gasteiger partial charge is 0.233 e. The Morgan fingerprint density at radius 3 is 2.44 bits per heavy atom. The first-order valence-corrected chi connectivity index (χ1v) is 12.9. The predicted octanol–water partition coefficient (Wildman–Crippen LogP) is 2.08. The van der Waals surface area contributed by atoms with Gasteiger partial charge in [0.25, 0.3) is 0 Å². The number of hydrogen-bond donors (Lipinski definition) is 1. The summed E-state index contributed by atoms with van der Waals surface area (Å²) in [5.74, 6) is 1.87. The van der Waals surface area contributed by atoms with Crippen molar-refractivity contribution in [3.63, 3.8) is 0 Å². The van der Waals surface area contributed by atoms with Gasteiger partial charge in [0, 0.05) is 50.8 Å². The van der Waals surface area contributed by atoms with Crippen molar-refractivity contribution in [2.45, 2.75) is 19.8 Å². The van der Waals surface area contributed by atoms with Gasteiger partial charge in [0.15, 0.2) is 5.78 Å². The Kier molecular flexibility index (Phi) is 7.13. The molecule has 0 bridgehead atoms. The second-order valence-corrected chi connectivity index (χ2v) is 10.0. The van der Waals surface area contributed by atoms with Crippen LogP contribution in [0.15, 0.2) is 48.7 Å². The zero-order valence-electron chi connectivity index (χ0n) is 19.2. The molecule has 0 atom stereocenters. The molecule has 3 aromatic rings. The van der Waals surface area contributed by atoms with Gasteiger partial charge in [-0.15, -0.1) is 0 Å². The van der Waals surface area contributed by atoms with Gasteiger partial charge < -0.3 is 10.2 Å². The van der Waals surface area contributed by atoms with Crippen molar-refractivity contribution >= 4 is 33.5 Å². The van der Waals surface area contributed by atoms with E-state index in [1.54, 1.807) is 18.3 Å². The SMILES string of the molecule is CCc1nc(Nc2cc(C(=O)Cc3ccccc3)ccn2)nc(N2CCN(S(C)(=O)=O)CC2)n1. The molecular formula is C23H27N7O3S. The van der Waals surface area contributed by atoms with Crippen molar-refractivity contribution in [1.29, 1.82) is 0 Å². The van der Waals surface area contributed by atoms with E-state index in [2.05, 4.69) is 25.3 Å². The fourth-order valence-corrected chi connectivity index (χ4v) is 4.48. The van der Waals surface area contributed by atoms with Crippen LogP contribution in [0.25, 0.3) is 0 Å². The zero-order chi connectivity index (χ0) is 24.1. The van der Waals surface area contributed by atoms with Gasteiger partial charge in [0.1, 0.15) is 11.6 Å². The number of ketones is 1. The lowest BCUT2D eigenvalue weighted by molar-refractivity contribution is 0.0993. The number of carbonyl (C=O) groups excluding carboxylic acids is 1. The van der Waals surface area contributed by atoms with Gasteiger partial charge in [0.2, 0.25) is 21.9 Å². The van der Waals surface area contributed by atoms with E-state index in [-0.39, 0.29) is 5.78 Å². The van der Waals surface area contributed by atoms with Crippen molar-refractivity contribution < 1.29 is 13.2 Å². The van der Waals surface area contributed by atoms with E-state index in [9.17, 15) is 13.2 Å². The summed E-state index contributed by atoms with van der Waals surface area (Å²) < 4.78 is 25.0. The van der Waals surface area contributed by atoms with Gasteiger partial charge >= 0.3 is 0 Å². The van der Waals surface area contributed by atoms with Crippen molar-refractivity contribution in [3.8, 4) is 0 Å². The van der Waals surface area contributed by atoms with Crippen LogP contribution in [0, 0.1) is 0 Å². The molecule has 178 valence electrons. The summed E-state index contributed by atoms with van der Waals surface area (Å²) in [4.78, 5) is 32.5. The van der Waals surface area contributed by atoms with Gasteiger partial charge in [0.05, 0.1) is 6.26 Å². The summed E-state index contributed by atoms with van der Waals surface area (Å²) in [6.45, 7) is 3.68. The van der Waals surface area contributed by atoms with E-state index < -0.39 is 10.0 Å². The first kappa shape index (κ1) is 23.7. The van der Waals surface area contributed by atoms with E-state index in [1.807, 2.05) is 42.2 Å². The number of hydrogen-bond acceptors (Lipinski definition) is 9. The molecule has 0 unspecified atom stereocenters.